The molecule has 0 saturated heterocycles. The van der Waals surface area contributed by atoms with Gasteiger partial charge in [-0.2, -0.15) is 0 Å². The van der Waals surface area contributed by atoms with Crippen LogP contribution >= 0.6 is 11.3 Å². The van der Waals surface area contributed by atoms with Crippen molar-refractivity contribution < 1.29 is 19.1 Å². The molecule has 2 aliphatic rings. The van der Waals surface area contributed by atoms with Gasteiger partial charge < -0.3 is 14.8 Å². The highest BCUT2D eigenvalue weighted by molar-refractivity contribution is 7.12. The fourth-order valence-electron chi connectivity index (χ4n) is 2.66. The van der Waals surface area contributed by atoms with Crippen LogP contribution in [0.5, 0.6) is 11.5 Å². The molecule has 0 radical (unpaired) electrons. The van der Waals surface area contributed by atoms with Crippen LogP contribution in [0.1, 0.15) is 38.1 Å². The first-order valence-electron chi connectivity index (χ1n) is 6.53. The van der Waals surface area contributed by atoms with Gasteiger partial charge in [-0.3, -0.25) is 9.59 Å². The van der Waals surface area contributed by atoms with Gasteiger partial charge in [-0.25, -0.2) is 0 Å². The van der Waals surface area contributed by atoms with Gasteiger partial charge in [-0.15, -0.1) is 11.3 Å². The van der Waals surface area contributed by atoms with Gasteiger partial charge in [0.15, 0.2) is 17.3 Å². The van der Waals surface area contributed by atoms with E-state index in [0.717, 1.165) is 5.56 Å². The van der Waals surface area contributed by atoms with Crippen molar-refractivity contribution in [3.63, 3.8) is 0 Å². The van der Waals surface area contributed by atoms with Crippen molar-refractivity contribution in [2.75, 3.05) is 6.79 Å². The third kappa shape index (κ3) is 1.99. The number of hydrogen-bond donors (Lipinski definition) is 1. The van der Waals surface area contributed by atoms with Crippen molar-refractivity contribution in [2.45, 2.75) is 12.5 Å². The van der Waals surface area contributed by atoms with Crippen LogP contribution in [0.15, 0.2) is 29.6 Å². The SMILES string of the molecule is O=C(N[C@@H]1CC(=O)c2cc3c(cc21)OCO3)c1cccs1. The lowest BCUT2D eigenvalue weighted by molar-refractivity contribution is 0.0928. The van der Waals surface area contributed by atoms with Gasteiger partial charge in [0.2, 0.25) is 6.79 Å². The number of fused-ring (bicyclic) bond motifs is 2. The van der Waals surface area contributed by atoms with E-state index in [0.29, 0.717) is 21.9 Å². The Morgan fingerprint density at radius 1 is 1.29 bits per heavy atom. The quantitative estimate of drug-likeness (QED) is 0.925. The van der Waals surface area contributed by atoms with Crippen LogP contribution in [0.4, 0.5) is 0 Å². The van der Waals surface area contributed by atoms with Gasteiger partial charge in [0, 0.05) is 12.0 Å². The Balaban J connectivity index is 1.65. The molecule has 1 amide bonds. The summed E-state index contributed by atoms with van der Waals surface area (Å²) in [6.45, 7) is 0.165. The lowest BCUT2D eigenvalue weighted by atomic mass is 10.1. The largest absolute Gasteiger partial charge is 0.454 e. The van der Waals surface area contributed by atoms with Crippen LogP contribution in [0.2, 0.25) is 0 Å². The topological polar surface area (TPSA) is 64.6 Å². The van der Waals surface area contributed by atoms with E-state index in [9.17, 15) is 9.59 Å². The van der Waals surface area contributed by atoms with Crippen molar-refractivity contribution in [2.24, 2.45) is 0 Å². The molecule has 1 aromatic carbocycles. The number of Topliss-reactive ketones (excluding diaryl/α,β-unsaturated/α-hetero) is 1. The number of ketones is 1. The van der Waals surface area contributed by atoms with Crippen LogP contribution in [-0.4, -0.2) is 18.5 Å². The first-order valence-corrected chi connectivity index (χ1v) is 7.41. The molecular weight excluding hydrogens is 290 g/mol. The number of benzene rings is 1. The number of nitrogens with one attached hydrogen (secondary N) is 1. The van der Waals surface area contributed by atoms with Gasteiger partial charge >= 0.3 is 0 Å². The maximum Gasteiger partial charge on any atom is 0.261 e. The number of rotatable bonds is 2. The Morgan fingerprint density at radius 2 is 2.10 bits per heavy atom. The lowest BCUT2D eigenvalue weighted by Gasteiger charge is -2.13. The third-order valence-corrected chi connectivity index (χ3v) is 4.53. The van der Waals surface area contributed by atoms with Gasteiger partial charge in [-0.05, 0) is 29.1 Å². The predicted octanol–water partition coefficient (Wildman–Crippen LogP) is 2.53. The third-order valence-electron chi connectivity index (χ3n) is 3.66. The van der Waals surface area contributed by atoms with Crippen LogP contribution in [0.3, 0.4) is 0 Å². The second kappa shape index (κ2) is 4.60. The minimum Gasteiger partial charge on any atom is -0.454 e. The Labute approximate surface area is 124 Å². The standard InChI is InChI=1S/C15H11NO4S/c17-11-6-10(16-15(18)14-2-1-3-21-14)8-4-12-13(5-9(8)11)20-7-19-12/h1-5,10H,6-7H2,(H,16,18)/t10-/m1/s1. The van der Waals surface area contributed by atoms with Gasteiger partial charge in [0.05, 0.1) is 10.9 Å². The number of amides is 1. The Bertz CT molecular complexity index is 738. The summed E-state index contributed by atoms with van der Waals surface area (Å²) in [6.07, 6.45) is 0.273. The fourth-order valence-corrected chi connectivity index (χ4v) is 3.29. The Kier molecular flexibility index (Phi) is 2.71. The minimum absolute atomic E-state index is 0.0137. The van der Waals surface area contributed by atoms with E-state index < -0.39 is 0 Å². The molecule has 1 aliphatic carbocycles. The van der Waals surface area contributed by atoms with E-state index in [2.05, 4.69) is 5.32 Å². The number of ether oxygens (including phenoxy) is 2. The molecular formula is C15H11NO4S. The smallest absolute Gasteiger partial charge is 0.261 e. The molecule has 6 heteroatoms. The maximum atomic E-state index is 12.1. The minimum atomic E-state index is -0.309. The van der Waals surface area contributed by atoms with E-state index in [1.54, 1.807) is 18.2 Å². The van der Waals surface area contributed by atoms with E-state index in [1.807, 2.05) is 11.4 Å². The molecule has 1 N–H and O–H groups in total. The summed E-state index contributed by atoms with van der Waals surface area (Å²) >= 11 is 1.37. The zero-order valence-electron chi connectivity index (χ0n) is 10.9. The Hall–Kier alpha value is -2.34. The highest BCUT2D eigenvalue weighted by Gasteiger charge is 2.33. The Morgan fingerprint density at radius 3 is 2.86 bits per heavy atom. The fraction of sp³-hybridized carbons (Fsp3) is 0.200. The molecule has 5 nitrogen and oxygen atoms in total. The van der Waals surface area contributed by atoms with Gasteiger partial charge in [0.1, 0.15) is 0 Å². The summed E-state index contributed by atoms with van der Waals surface area (Å²) in [5, 5.41) is 4.76. The maximum absolute atomic E-state index is 12.1. The molecule has 0 fully saturated rings. The zero-order valence-corrected chi connectivity index (χ0v) is 11.7. The molecule has 0 saturated carbocycles. The molecule has 2 aromatic rings. The number of thiophene rings is 1. The molecule has 0 bridgehead atoms. The van der Waals surface area contributed by atoms with Gasteiger partial charge in [-0.1, -0.05) is 6.07 Å². The van der Waals surface area contributed by atoms with E-state index >= 15 is 0 Å². The molecule has 1 aromatic heterocycles. The van der Waals surface area contributed by atoms with E-state index in [1.165, 1.54) is 11.3 Å². The summed E-state index contributed by atoms with van der Waals surface area (Å²) in [5.41, 5.74) is 1.41. The second-order valence-corrected chi connectivity index (χ2v) is 5.87. The van der Waals surface area contributed by atoms with Crippen molar-refractivity contribution in [3.05, 3.63) is 45.6 Å². The first kappa shape index (κ1) is 12.4. The number of carbonyl (C=O) groups is 2. The monoisotopic (exact) mass is 301 g/mol. The highest BCUT2D eigenvalue weighted by atomic mass is 32.1. The molecule has 2 heterocycles. The molecule has 0 spiro atoms. The summed E-state index contributed by atoms with van der Waals surface area (Å²) in [5.74, 6) is 1.07. The predicted molar refractivity (Wildman–Crippen MR) is 76.0 cm³/mol. The molecule has 1 atom stereocenters. The molecule has 4 rings (SSSR count). The van der Waals surface area contributed by atoms with Crippen LogP contribution in [0, 0.1) is 0 Å². The number of hydrogen-bond acceptors (Lipinski definition) is 5. The summed E-state index contributed by atoms with van der Waals surface area (Å²) < 4.78 is 10.6. The zero-order chi connectivity index (χ0) is 14.4. The number of carbonyl (C=O) groups excluding carboxylic acids is 2. The van der Waals surface area contributed by atoms with Gasteiger partial charge in [0.25, 0.3) is 5.91 Å². The van der Waals surface area contributed by atoms with Crippen LogP contribution in [-0.2, 0) is 0 Å². The first-order chi connectivity index (χ1) is 10.2. The van der Waals surface area contributed by atoms with Crippen molar-refractivity contribution >= 4 is 23.0 Å². The summed E-state index contributed by atoms with van der Waals surface area (Å²) in [6, 6.07) is 6.78. The van der Waals surface area contributed by atoms with E-state index in [-0.39, 0.29) is 30.9 Å². The average Bonchev–Trinajstić information content (AvgIpc) is 3.19. The molecule has 21 heavy (non-hydrogen) atoms. The second-order valence-electron chi connectivity index (χ2n) is 4.92. The summed E-state index contributed by atoms with van der Waals surface area (Å²) in [7, 11) is 0. The van der Waals surface area contributed by atoms with Crippen molar-refractivity contribution in [1.29, 1.82) is 0 Å². The van der Waals surface area contributed by atoms with Crippen molar-refractivity contribution in [1.82, 2.24) is 5.32 Å². The normalized spacial score (nSPS) is 18.7. The highest BCUT2D eigenvalue weighted by Crippen LogP contribution is 2.41. The molecule has 0 unspecified atom stereocenters. The average molecular weight is 301 g/mol. The van der Waals surface area contributed by atoms with E-state index in [4.69, 9.17) is 9.47 Å². The lowest BCUT2D eigenvalue weighted by Crippen LogP contribution is -2.26. The molecule has 106 valence electrons. The van der Waals surface area contributed by atoms with Crippen molar-refractivity contribution in [3.8, 4) is 11.5 Å². The van der Waals surface area contributed by atoms with Crippen LogP contribution < -0.4 is 14.8 Å². The summed E-state index contributed by atoms with van der Waals surface area (Å²) in [4.78, 5) is 24.9. The van der Waals surface area contributed by atoms with Crippen LogP contribution in [0.25, 0.3) is 0 Å². The molecule has 1 aliphatic heterocycles.